The van der Waals surface area contributed by atoms with Gasteiger partial charge in [-0.3, -0.25) is 4.90 Å². The first-order chi connectivity index (χ1) is 13.7. The number of fused-ring (bicyclic) bond motifs is 3. The average Bonchev–Trinajstić information content (AvgIpc) is 3.01. The van der Waals surface area contributed by atoms with Crippen LogP contribution in [0.4, 0.5) is 8.78 Å². The highest BCUT2D eigenvalue weighted by atomic mass is 79.9. The summed E-state index contributed by atoms with van der Waals surface area (Å²) in [5.74, 6) is -1.11. The summed E-state index contributed by atoms with van der Waals surface area (Å²) in [7, 11) is 0. The van der Waals surface area contributed by atoms with E-state index in [1.807, 2.05) is 32.0 Å². The molecule has 0 amide bonds. The molecule has 0 aliphatic carbocycles. The van der Waals surface area contributed by atoms with Gasteiger partial charge in [-0.2, -0.15) is 0 Å². The number of aromatic amines is 1. The van der Waals surface area contributed by atoms with Gasteiger partial charge in [-0.25, -0.2) is 8.78 Å². The predicted octanol–water partition coefficient (Wildman–Crippen LogP) is 6.95. The van der Waals surface area contributed by atoms with E-state index in [9.17, 15) is 0 Å². The number of para-hydroxylation sites is 1. The number of nitrogens with one attached hydrogen (secondary N) is 1. The minimum Gasteiger partial charge on any atom is -0.357 e. The number of halogens is 4. The normalized spacial score (nSPS) is 21.9. The van der Waals surface area contributed by atoms with E-state index < -0.39 is 22.6 Å². The van der Waals surface area contributed by atoms with Crippen molar-refractivity contribution < 1.29 is 8.78 Å². The van der Waals surface area contributed by atoms with Gasteiger partial charge >= 0.3 is 0 Å². The summed E-state index contributed by atoms with van der Waals surface area (Å²) >= 11 is 9.93. The molecule has 29 heavy (non-hydrogen) atoms. The van der Waals surface area contributed by atoms with Gasteiger partial charge in [0.2, 0.25) is 0 Å². The van der Waals surface area contributed by atoms with E-state index in [0.717, 1.165) is 35.0 Å². The number of aromatic nitrogens is 1. The van der Waals surface area contributed by atoms with Gasteiger partial charge in [0.1, 0.15) is 11.6 Å². The lowest BCUT2D eigenvalue weighted by Gasteiger charge is -2.44. The van der Waals surface area contributed by atoms with Crippen LogP contribution in [0, 0.1) is 11.6 Å². The second-order valence-electron chi connectivity index (χ2n) is 8.24. The topological polar surface area (TPSA) is 19.0 Å². The van der Waals surface area contributed by atoms with Crippen LogP contribution in [0.25, 0.3) is 10.9 Å². The Hall–Kier alpha value is -1.43. The monoisotopic (exact) mass is 480 g/mol. The molecule has 3 atom stereocenters. The van der Waals surface area contributed by atoms with Crippen LogP contribution in [-0.4, -0.2) is 27.3 Å². The van der Waals surface area contributed by atoms with E-state index >= 15 is 8.78 Å². The Bertz CT molecular complexity index is 1040. The Morgan fingerprint density at radius 1 is 1.24 bits per heavy atom. The van der Waals surface area contributed by atoms with Gasteiger partial charge in [0, 0.05) is 39.2 Å². The van der Waals surface area contributed by atoms with Gasteiger partial charge in [0.15, 0.2) is 0 Å². The van der Waals surface area contributed by atoms with Crippen molar-refractivity contribution in [3.8, 4) is 0 Å². The van der Waals surface area contributed by atoms with Crippen LogP contribution in [0.5, 0.6) is 0 Å². The zero-order valence-electron chi connectivity index (χ0n) is 16.7. The van der Waals surface area contributed by atoms with Gasteiger partial charge in [0.05, 0.1) is 10.9 Å². The molecule has 3 unspecified atom stereocenters. The Balaban J connectivity index is 1.96. The molecular weight excluding hydrogens is 458 g/mol. The first kappa shape index (κ1) is 20.8. The first-order valence-corrected chi connectivity index (χ1v) is 11.1. The Morgan fingerprint density at radius 2 is 1.90 bits per heavy atom. The molecule has 0 saturated carbocycles. The van der Waals surface area contributed by atoms with E-state index in [2.05, 4.69) is 38.8 Å². The molecule has 0 bridgehead atoms. The highest BCUT2D eigenvalue weighted by molar-refractivity contribution is 9.10. The molecule has 2 aromatic carbocycles. The summed E-state index contributed by atoms with van der Waals surface area (Å²) in [6, 6.07) is 10.2. The van der Waals surface area contributed by atoms with Crippen molar-refractivity contribution in [2.75, 3.05) is 6.54 Å². The Morgan fingerprint density at radius 3 is 2.55 bits per heavy atom. The quantitative estimate of drug-likeness (QED) is 0.399. The van der Waals surface area contributed by atoms with Crippen molar-refractivity contribution in [3.05, 3.63) is 69.3 Å². The average molecular weight is 482 g/mol. The predicted molar refractivity (Wildman–Crippen MR) is 119 cm³/mol. The van der Waals surface area contributed by atoms with Crippen molar-refractivity contribution in [1.29, 1.82) is 0 Å². The molecule has 6 heteroatoms. The molecule has 1 aliphatic rings. The fourth-order valence-corrected chi connectivity index (χ4v) is 4.91. The van der Waals surface area contributed by atoms with Gasteiger partial charge < -0.3 is 4.98 Å². The maximum absolute atomic E-state index is 15.1. The van der Waals surface area contributed by atoms with Crippen LogP contribution in [-0.2, 0) is 6.42 Å². The molecule has 3 aromatic rings. The molecule has 1 aliphatic heterocycles. The Kier molecular flexibility index (Phi) is 5.51. The SMILES string of the molecule is CCC(C)(Cl)CN1C(C)Cc2c([nH]c3ccccc23)C1c1c(F)cc(Br)cc1F. The maximum atomic E-state index is 15.1. The number of nitrogens with zero attached hydrogens (tertiary/aromatic N) is 1. The second-order valence-corrected chi connectivity index (χ2v) is 10.1. The van der Waals surface area contributed by atoms with Crippen LogP contribution >= 0.6 is 27.5 Å². The molecule has 0 fully saturated rings. The van der Waals surface area contributed by atoms with Gasteiger partial charge in [-0.05, 0) is 50.5 Å². The minimum absolute atomic E-state index is 0.0659. The lowest BCUT2D eigenvalue weighted by atomic mass is 9.87. The van der Waals surface area contributed by atoms with Crippen LogP contribution in [0.2, 0.25) is 0 Å². The first-order valence-electron chi connectivity index (χ1n) is 9.90. The standard InChI is InChI=1S/C23H24BrClF2N2/c1-4-23(3,25)12-29-13(2)9-16-15-7-5-6-8-19(15)28-21(16)22(29)20-17(26)10-14(24)11-18(20)27/h5-8,10-11,13,22,28H,4,9,12H2,1-3H3. The molecule has 154 valence electrons. The lowest BCUT2D eigenvalue weighted by Crippen LogP contribution is -2.48. The smallest absolute Gasteiger partial charge is 0.132 e. The molecule has 4 rings (SSSR count). The zero-order valence-corrected chi connectivity index (χ0v) is 19.0. The van der Waals surface area contributed by atoms with Crippen molar-refractivity contribution in [2.45, 2.75) is 50.6 Å². The summed E-state index contributed by atoms with van der Waals surface area (Å²) < 4.78 is 30.6. The largest absolute Gasteiger partial charge is 0.357 e. The van der Waals surface area contributed by atoms with Crippen LogP contribution < -0.4 is 0 Å². The van der Waals surface area contributed by atoms with Crippen LogP contribution in [0.15, 0.2) is 40.9 Å². The van der Waals surface area contributed by atoms with Crippen molar-refractivity contribution in [3.63, 3.8) is 0 Å². The summed E-state index contributed by atoms with van der Waals surface area (Å²) in [5.41, 5.74) is 3.03. The van der Waals surface area contributed by atoms with E-state index in [1.54, 1.807) is 0 Å². The Labute approximate surface area is 183 Å². The van der Waals surface area contributed by atoms with Gasteiger partial charge in [-0.15, -0.1) is 11.6 Å². The molecule has 2 nitrogen and oxygen atoms in total. The molecule has 0 radical (unpaired) electrons. The molecule has 1 N–H and O–H groups in total. The highest BCUT2D eigenvalue weighted by Crippen LogP contribution is 2.44. The fourth-order valence-electron chi connectivity index (χ4n) is 4.37. The number of rotatable bonds is 4. The molecule has 1 aromatic heterocycles. The van der Waals surface area contributed by atoms with Gasteiger partial charge in [0.25, 0.3) is 0 Å². The summed E-state index contributed by atoms with van der Waals surface area (Å²) in [5, 5.41) is 1.11. The number of hydrogen-bond acceptors (Lipinski definition) is 1. The van der Waals surface area contributed by atoms with E-state index in [0.29, 0.717) is 11.0 Å². The van der Waals surface area contributed by atoms with E-state index in [4.69, 9.17) is 11.6 Å². The van der Waals surface area contributed by atoms with Crippen molar-refractivity contribution >= 4 is 38.4 Å². The van der Waals surface area contributed by atoms with E-state index in [-0.39, 0.29) is 11.6 Å². The number of alkyl halides is 1. The highest BCUT2D eigenvalue weighted by Gasteiger charge is 2.41. The molecular formula is C23H24BrClF2N2. The van der Waals surface area contributed by atoms with Crippen molar-refractivity contribution in [2.24, 2.45) is 0 Å². The van der Waals surface area contributed by atoms with E-state index in [1.165, 1.54) is 12.1 Å². The molecule has 0 spiro atoms. The maximum Gasteiger partial charge on any atom is 0.132 e. The molecule has 0 saturated heterocycles. The molecule has 2 heterocycles. The third kappa shape index (κ3) is 3.73. The number of H-pyrrole nitrogens is 1. The van der Waals surface area contributed by atoms with Crippen LogP contribution in [0.3, 0.4) is 0 Å². The number of hydrogen-bond donors (Lipinski definition) is 1. The summed E-state index contributed by atoms with van der Waals surface area (Å²) in [4.78, 5) is 5.11. The third-order valence-corrected chi connectivity index (χ3v) is 6.93. The number of benzene rings is 2. The third-order valence-electron chi connectivity index (χ3n) is 6.08. The van der Waals surface area contributed by atoms with Gasteiger partial charge in [-0.1, -0.05) is 41.1 Å². The fraction of sp³-hybridized carbons (Fsp3) is 0.391. The van der Waals surface area contributed by atoms with Crippen LogP contribution in [0.1, 0.15) is 50.1 Å². The van der Waals surface area contributed by atoms with Crippen molar-refractivity contribution in [1.82, 2.24) is 9.88 Å². The second kappa shape index (κ2) is 7.68. The zero-order chi connectivity index (χ0) is 20.9. The lowest BCUT2D eigenvalue weighted by molar-refractivity contribution is 0.128. The minimum atomic E-state index is -0.570. The summed E-state index contributed by atoms with van der Waals surface area (Å²) in [6.07, 6.45) is 1.56. The summed E-state index contributed by atoms with van der Waals surface area (Å²) in [6.45, 7) is 6.65.